The van der Waals surface area contributed by atoms with Gasteiger partial charge in [-0.3, -0.25) is 0 Å². The van der Waals surface area contributed by atoms with Crippen LogP contribution in [0.15, 0.2) is 18.2 Å². The van der Waals surface area contributed by atoms with Gasteiger partial charge in [0.2, 0.25) is 0 Å². The SMILES string of the molecule is NC1CC1c1c(F)cccc1F. The lowest BCUT2D eigenvalue weighted by atomic mass is 10.1. The molecule has 1 nitrogen and oxygen atoms in total. The van der Waals surface area contributed by atoms with Crippen LogP contribution in [0, 0.1) is 11.6 Å². The third-order valence-electron chi connectivity index (χ3n) is 2.21. The van der Waals surface area contributed by atoms with Crippen LogP contribution in [0.4, 0.5) is 8.78 Å². The van der Waals surface area contributed by atoms with E-state index in [9.17, 15) is 8.78 Å². The van der Waals surface area contributed by atoms with Crippen molar-refractivity contribution in [3.8, 4) is 0 Å². The van der Waals surface area contributed by atoms with Gasteiger partial charge in [0.15, 0.2) is 0 Å². The first-order valence-electron chi connectivity index (χ1n) is 3.89. The number of hydrogen-bond donors (Lipinski definition) is 1. The minimum Gasteiger partial charge on any atom is -0.327 e. The molecule has 2 atom stereocenters. The molecule has 3 heteroatoms. The Morgan fingerprint density at radius 1 is 1.25 bits per heavy atom. The van der Waals surface area contributed by atoms with Gasteiger partial charge in [0.1, 0.15) is 11.6 Å². The lowest BCUT2D eigenvalue weighted by Crippen LogP contribution is -2.03. The van der Waals surface area contributed by atoms with Gasteiger partial charge in [0.25, 0.3) is 0 Å². The van der Waals surface area contributed by atoms with E-state index >= 15 is 0 Å². The van der Waals surface area contributed by atoms with Gasteiger partial charge in [0.05, 0.1) is 0 Å². The number of rotatable bonds is 1. The van der Waals surface area contributed by atoms with E-state index in [-0.39, 0.29) is 17.5 Å². The zero-order valence-electron chi connectivity index (χ0n) is 6.43. The maximum atomic E-state index is 13.0. The Balaban J connectivity index is 2.41. The zero-order valence-corrected chi connectivity index (χ0v) is 6.43. The van der Waals surface area contributed by atoms with E-state index in [2.05, 4.69) is 0 Å². The Bertz CT molecular complexity index is 291. The van der Waals surface area contributed by atoms with E-state index in [1.807, 2.05) is 0 Å². The van der Waals surface area contributed by atoms with Crippen LogP contribution in [0.2, 0.25) is 0 Å². The molecule has 0 saturated heterocycles. The van der Waals surface area contributed by atoms with E-state index in [0.29, 0.717) is 6.42 Å². The molecule has 0 aromatic heterocycles. The first-order valence-corrected chi connectivity index (χ1v) is 3.89. The van der Waals surface area contributed by atoms with Crippen LogP contribution >= 0.6 is 0 Å². The van der Waals surface area contributed by atoms with E-state index in [4.69, 9.17) is 5.73 Å². The fourth-order valence-electron chi connectivity index (χ4n) is 1.41. The van der Waals surface area contributed by atoms with Crippen molar-refractivity contribution in [2.45, 2.75) is 18.4 Å². The van der Waals surface area contributed by atoms with Gasteiger partial charge in [-0.1, -0.05) is 6.07 Å². The summed E-state index contributed by atoms with van der Waals surface area (Å²) >= 11 is 0. The van der Waals surface area contributed by atoms with Crippen LogP contribution in [0.25, 0.3) is 0 Å². The lowest BCUT2D eigenvalue weighted by molar-refractivity contribution is 0.555. The van der Waals surface area contributed by atoms with Crippen molar-refractivity contribution >= 4 is 0 Å². The lowest BCUT2D eigenvalue weighted by Gasteiger charge is -2.01. The Morgan fingerprint density at radius 2 is 1.75 bits per heavy atom. The summed E-state index contributed by atoms with van der Waals surface area (Å²) in [5.74, 6) is -1.06. The fourth-order valence-corrected chi connectivity index (χ4v) is 1.41. The summed E-state index contributed by atoms with van der Waals surface area (Å²) in [6.45, 7) is 0. The molecule has 0 aliphatic heterocycles. The molecule has 0 bridgehead atoms. The molecular formula is C9H9F2N. The predicted molar refractivity (Wildman–Crippen MR) is 41.7 cm³/mol. The number of benzene rings is 1. The second kappa shape index (κ2) is 2.52. The number of hydrogen-bond acceptors (Lipinski definition) is 1. The summed E-state index contributed by atoms with van der Waals surface area (Å²) in [5.41, 5.74) is 5.66. The topological polar surface area (TPSA) is 26.0 Å². The van der Waals surface area contributed by atoms with Crippen LogP contribution in [0.3, 0.4) is 0 Å². The van der Waals surface area contributed by atoms with Crippen molar-refractivity contribution in [2.75, 3.05) is 0 Å². The summed E-state index contributed by atoms with van der Waals surface area (Å²) in [6.07, 6.45) is 0.692. The molecule has 0 spiro atoms. The molecule has 0 amide bonds. The van der Waals surface area contributed by atoms with Gasteiger partial charge in [-0.05, 0) is 18.6 Å². The standard InChI is InChI=1S/C9H9F2N/c10-6-2-1-3-7(11)9(6)5-4-8(5)12/h1-3,5,8H,4,12H2. The highest BCUT2D eigenvalue weighted by molar-refractivity contribution is 5.30. The molecular weight excluding hydrogens is 160 g/mol. The Morgan fingerprint density at radius 3 is 2.17 bits per heavy atom. The predicted octanol–water partition coefficient (Wildman–Crippen LogP) is 1.78. The van der Waals surface area contributed by atoms with Crippen LogP contribution in [0.1, 0.15) is 17.9 Å². The zero-order chi connectivity index (χ0) is 8.72. The molecule has 1 aliphatic carbocycles. The number of nitrogens with two attached hydrogens (primary N) is 1. The first kappa shape index (κ1) is 7.68. The second-order valence-electron chi connectivity index (χ2n) is 3.14. The molecule has 1 aromatic carbocycles. The molecule has 1 aromatic rings. The smallest absolute Gasteiger partial charge is 0.129 e. The molecule has 0 heterocycles. The molecule has 2 N–H and O–H groups in total. The van der Waals surface area contributed by atoms with Crippen LogP contribution in [-0.4, -0.2) is 6.04 Å². The van der Waals surface area contributed by atoms with Crippen molar-refractivity contribution in [2.24, 2.45) is 5.73 Å². The van der Waals surface area contributed by atoms with Crippen molar-refractivity contribution in [3.63, 3.8) is 0 Å². The second-order valence-corrected chi connectivity index (χ2v) is 3.14. The van der Waals surface area contributed by atoms with Gasteiger partial charge in [-0.25, -0.2) is 8.78 Å². The normalized spacial score (nSPS) is 27.2. The highest BCUT2D eigenvalue weighted by Gasteiger charge is 2.38. The van der Waals surface area contributed by atoms with Crippen LogP contribution < -0.4 is 5.73 Å². The molecule has 64 valence electrons. The Hall–Kier alpha value is -0.960. The summed E-state index contributed by atoms with van der Waals surface area (Å²) in [5, 5.41) is 0. The van der Waals surface area contributed by atoms with Crippen LogP contribution in [-0.2, 0) is 0 Å². The minimum atomic E-state index is -0.479. The van der Waals surface area contributed by atoms with E-state index < -0.39 is 11.6 Å². The molecule has 1 fully saturated rings. The van der Waals surface area contributed by atoms with Crippen molar-refractivity contribution < 1.29 is 8.78 Å². The van der Waals surface area contributed by atoms with E-state index in [0.717, 1.165) is 0 Å². The minimum absolute atomic E-state index is 0.0589. The number of halogens is 2. The highest BCUT2D eigenvalue weighted by Crippen LogP contribution is 2.41. The monoisotopic (exact) mass is 169 g/mol. The van der Waals surface area contributed by atoms with Crippen molar-refractivity contribution in [1.82, 2.24) is 0 Å². The molecule has 12 heavy (non-hydrogen) atoms. The van der Waals surface area contributed by atoms with Gasteiger partial charge in [-0.15, -0.1) is 0 Å². The molecule has 2 rings (SSSR count). The Kier molecular flexibility index (Phi) is 1.61. The highest BCUT2D eigenvalue weighted by atomic mass is 19.1. The van der Waals surface area contributed by atoms with Gasteiger partial charge >= 0.3 is 0 Å². The van der Waals surface area contributed by atoms with Crippen molar-refractivity contribution in [1.29, 1.82) is 0 Å². The van der Waals surface area contributed by atoms with Gasteiger partial charge in [0, 0.05) is 17.5 Å². The van der Waals surface area contributed by atoms with Crippen LogP contribution in [0.5, 0.6) is 0 Å². The molecule has 1 aliphatic rings. The largest absolute Gasteiger partial charge is 0.327 e. The average Bonchev–Trinajstić information content (AvgIpc) is 2.67. The summed E-state index contributed by atoms with van der Waals surface area (Å²) in [6, 6.07) is 3.84. The van der Waals surface area contributed by atoms with Crippen molar-refractivity contribution in [3.05, 3.63) is 35.4 Å². The first-order chi connectivity index (χ1) is 5.70. The van der Waals surface area contributed by atoms with Gasteiger partial charge in [-0.2, -0.15) is 0 Å². The third-order valence-corrected chi connectivity index (χ3v) is 2.21. The molecule has 2 unspecified atom stereocenters. The maximum absolute atomic E-state index is 13.0. The molecule has 1 saturated carbocycles. The Labute approximate surface area is 69.2 Å². The quantitative estimate of drug-likeness (QED) is 0.681. The molecule has 0 radical (unpaired) electrons. The fraction of sp³-hybridized carbons (Fsp3) is 0.333. The maximum Gasteiger partial charge on any atom is 0.129 e. The third kappa shape index (κ3) is 1.10. The van der Waals surface area contributed by atoms with E-state index in [1.54, 1.807) is 0 Å². The average molecular weight is 169 g/mol. The van der Waals surface area contributed by atoms with Gasteiger partial charge < -0.3 is 5.73 Å². The summed E-state index contributed by atoms with van der Waals surface area (Å²) in [7, 11) is 0. The summed E-state index contributed by atoms with van der Waals surface area (Å²) in [4.78, 5) is 0. The summed E-state index contributed by atoms with van der Waals surface area (Å²) < 4.78 is 26.0. The van der Waals surface area contributed by atoms with E-state index in [1.165, 1.54) is 18.2 Å².